The van der Waals surface area contributed by atoms with Gasteiger partial charge in [-0.3, -0.25) is 0 Å². The molecule has 0 spiro atoms. The van der Waals surface area contributed by atoms with Crippen LogP contribution in [0.25, 0.3) is 0 Å². The van der Waals surface area contributed by atoms with E-state index in [0.717, 1.165) is 10.0 Å². The minimum absolute atomic E-state index is 0.0801. The molecule has 1 aromatic rings. The second-order valence-electron chi connectivity index (χ2n) is 4.52. The van der Waals surface area contributed by atoms with Gasteiger partial charge in [0.05, 0.1) is 6.10 Å². The highest BCUT2D eigenvalue weighted by molar-refractivity contribution is 9.10. The minimum atomic E-state index is -0.360. The molecule has 5 heteroatoms. The number of rotatable bonds is 6. The van der Waals surface area contributed by atoms with Gasteiger partial charge in [0.1, 0.15) is 5.75 Å². The van der Waals surface area contributed by atoms with Crippen molar-refractivity contribution in [1.82, 2.24) is 5.32 Å². The van der Waals surface area contributed by atoms with Crippen molar-refractivity contribution in [1.29, 1.82) is 0 Å². The number of carbonyl (C=O) groups excluding carboxylic acids is 1. The number of hydrogen-bond donors (Lipinski definition) is 1. The van der Waals surface area contributed by atoms with Crippen molar-refractivity contribution in [3.63, 3.8) is 0 Å². The zero-order valence-electron chi connectivity index (χ0n) is 11.7. The number of esters is 1. The largest absolute Gasteiger partial charge is 0.482 e. The molecule has 0 aliphatic carbocycles. The molecular formula is C14H20BrNO3. The molecule has 19 heavy (non-hydrogen) atoms. The van der Waals surface area contributed by atoms with Crippen molar-refractivity contribution in [2.45, 2.75) is 32.9 Å². The van der Waals surface area contributed by atoms with Gasteiger partial charge in [-0.05, 0) is 46.0 Å². The average molecular weight is 330 g/mol. The van der Waals surface area contributed by atoms with E-state index in [0.29, 0.717) is 5.75 Å². The fourth-order valence-electron chi connectivity index (χ4n) is 1.58. The molecule has 0 aliphatic rings. The van der Waals surface area contributed by atoms with Crippen LogP contribution in [0.5, 0.6) is 5.75 Å². The van der Waals surface area contributed by atoms with Gasteiger partial charge in [0.15, 0.2) is 6.61 Å². The molecule has 1 N–H and O–H groups in total. The van der Waals surface area contributed by atoms with Crippen LogP contribution in [0.3, 0.4) is 0 Å². The summed E-state index contributed by atoms with van der Waals surface area (Å²) >= 11 is 3.43. The fraction of sp³-hybridized carbons (Fsp3) is 0.500. The Morgan fingerprint density at radius 1 is 1.37 bits per heavy atom. The molecule has 1 aromatic carbocycles. The van der Waals surface area contributed by atoms with Crippen LogP contribution >= 0.6 is 15.9 Å². The number of hydrogen-bond acceptors (Lipinski definition) is 4. The molecule has 106 valence electrons. The summed E-state index contributed by atoms with van der Waals surface area (Å²) in [5.41, 5.74) is 0.995. The first-order valence-corrected chi connectivity index (χ1v) is 7.02. The Labute approximate surface area is 122 Å². The lowest BCUT2D eigenvalue weighted by Gasteiger charge is -2.17. The lowest BCUT2D eigenvalue weighted by atomic mass is 10.1. The van der Waals surface area contributed by atoms with Gasteiger partial charge in [-0.25, -0.2) is 4.79 Å². The van der Waals surface area contributed by atoms with Crippen LogP contribution in [-0.4, -0.2) is 25.7 Å². The third-order valence-electron chi connectivity index (χ3n) is 2.58. The summed E-state index contributed by atoms with van der Waals surface area (Å²) in [5, 5.41) is 3.15. The van der Waals surface area contributed by atoms with Gasteiger partial charge in [0, 0.05) is 16.1 Å². The summed E-state index contributed by atoms with van der Waals surface area (Å²) < 4.78 is 11.5. The molecule has 0 heterocycles. The number of benzene rings is 1. The summed E-state index contributed by atoms with van der Waals surface area (Å²) in [6, 6.07) is 5.84. The maximum Gasteiger partial charge on any atom is 0.344 e. The molecule has 1 rings (SSSR count). The van der Waals surface area contributed by atoms with E-state index in [1.165, 1.54) is 0 Å². The zero-order chi connectivity index (χ0) is 14.4. The van der Waals surface area contributed by atoms with Crippen molar-refractivity contribution < 1.29 is 14.3 Å². The molecule has 0 aliphatic heterocycles. The zero-order valence-corrected chi connectivity index (χ0v) is 13.3. The fourth-order valence-corrected chi connectivity index (χ4v) is 1.96. The van der Waals surface area contributed by atoms with Gasteiger partial charge < -0.3 is 14.8 Å². The third kappa shape index (κ3) is 5.20. The molecule has 0 saturated carbocycles. The maximum atomic E-state index is 11.5. The Hall–Kier alpha value is -1.07. The summed E-state index contributed by atoms with van der Waals surface area (Å²) in [6.45, 7) is 5.57. The Kier molecular flexibility index (Phi) is 6.31. The molecule has 4 nitrogen and oxygen atoms in total. The highest BCUT2D eigenvalue weighted by Crippen LogP contribution is 2.28. The second kappa shape index (κ2) is 7.50. The molecule has 0 saturated heterocycles. The van der Waals surface area contributed by atoms with E-state index in [2.05, 4.69) is 21.2 Å². The number of ether oxygens (including phenoxy) is 2. The van der Waals surface area contributed by atoms with Gasteiger partial charge >= 0.3 is 5.97 Å². The van der Waals surface area contributed by atoms with Crippen LogP contribution in [0.4, 0.5) is 0 Å². The molecule has 0 amide bonds. The molecule has 0 radical (unpaired) electrons. The Bertz CT molecular complexity index is 435. The average Bonchev–Trinajstić information content (AvgIpc) is 2.35. The molecule has 1 atom stereocenters. The summed E-state index contributed by atoms with van der Waals surface area (Å²) in [7, 11) is 1.88. The lowest BCUT2D eigenvalue weighted by Crippen LogP contribution is -2.20. The molecule has 0 aromatic heterocycles. The standard InChI is InChI=1S/C14H20BrNO3/c1-9(2)19-14(17)8-18-13-6-5-11(15)7-12(13)10(3)16-4/h5-7,9-10,16H,8H2,1-4H3. The Balaban J connectivity index is 2.75. The Morgan fingerprint density at radius 2 is 2.05 bits per heavy atom. The van der Waals surface area contributed by atoms with E-state index < -0.39 is 0 Å². The quantitative estimate of drug-likeness (QED) is 0.815. The van der Waals surface area contributed by atoms with Crippen LogP contribution < -0.4 is 10.1 Å². The number of nitrogens with one attached hydrogen (secondary N) is 1. The van der Waals surface area contributed by atoms with E-state index in [4.69, 9.17) is 9.47 Å². The monoisotopic (exact) mass is 329 g/mol. The van der Waals surface area contributed by atoms with E-state index in [9.17, 15) is 4.79 Å². The first kappa shape index (κ1) is 16.0. The van der Waals surface area contributed by atoms with E-state index in [1.807, 2.05) is 46.0 Å². The van der Waals surface area contributed by atoms with E-state index in [1.54, 1.807) is 0 Å². The van der Waals surface area contributed by atoms with Gasteiger partial charge in [0.25, 0.3) is 0 Å². The highest BCUT2D eigenvalue weighted by atomic mass is 79.9. The van der Waals surface area contributed by atoms with E-state index in [-0.39, 0.29) is 24.7 Å². The summed E-state index contributed by atoms with van der Waals surface area (Å²) in [6.07, 6.45) is -0.128. The Morgan fingerprint density at radius 3 is 2.63 bits per heavy atom. The SMILES string of the molecule is CNC(C)c1cc(Br)ccc1OCC(=O)OC(C)C. The topological polar surface area (TPSA) is 47.6 Å². The normalized spacial score (nSPS) is 12.3. The van der Waals surface area contributed by atoms with Crippen LogP contribution in [0.1, 0.15) is 32.4 Å². The van der Waals surface area contributed by atoms with Crippen molar-refractivity contribution >= 4 is 21.9 Å². The van der Waals surface area contributed by atoms with Gasteiger partial charge in [0.2, 0.25) is 0 Å². The van der Waals surface area contributed by atoms with Crippen LogP contribution in [0, 0.1) is 0 Å². The van der Waals surface area contributed by atoms with Crippen molar-refractivity contribution in [3.8, 4) is 5.75 Å². The first-order valence-electron chi connectivity index (χ1n) is 6.23. The van der Waals surface area contributed by atoms with Gasteiger partial charge in [-0.1, -0.05) is 15.9 Å². The lowest BCUT2D eigenvalue weighted by molar-refractivity contribution is -0.149. The second-order valence-corrected chi connectivity index (χ2v) is 5.44. The predicted octanol–water partition coefficient (Wildman–Crippen LogP) is 3.06. The smallest absolute Gasteiger partial charge is 0.344 e. The summed E-state index contributed by atoms with van der Waals surface area (Å²) in [4.78, 5) is 11.5. The van der Waals surface area contributed by atoms with Crippen molar-refractivity contribution in [2.75, 3.05) is 13.7 Å². The number of carbonyl (C=O) groups is 1. The van der Waals surface area contributed by atoms with Crippen molar-refractivity contribution in [2.24, 2.45) is 0 Å². The number of halogens is 1. The maximum absolute atomic E-state index is 11.5. The van der Waals surface area contributed by atoms with Gasteiger partial charge in [-0.15, -0.1) is 0 Å². The molecule has 1 unspecified atom stereocenters. The van der Waals surface area contributed by atoms with Crippen LogP contribution in [-0.2, 0) is 9.53 Å². The van der Waals surface area contributed by atoms with Crippen molar-refractivity contribution in [3.05, 3.63) is 28.2 Å². The predicted molar refractivity (Wildman–Crippen MR) is 78.3 cm³/mol. The summed E-state index contributed by atoms with van der Waals surface area (Å²) in [5.74, 6) is 0.326. The highest BCUT2D eigenvalue weighted by Gasteiger charge is 2.13. The third-order valence-corrected chi connectivity index (χ3v) is 3.08. The van der Waals surface area contributed by atoms with Gasteiger partial charge in [-0.2, -0.15) is 0 Å². The molecule has 0 fully saturated rings. The molecular weight excluding hydrogens is 310 g/mol. The van der Waals surface area contributed by atoms with Crippen LogP contribution in [0.15, 0.2) is 22.7 Å². The molecule has 0 bridgehead atoms. The first-order chi connectivity index (χ1) is 8.93. The van der Waals surface area contributed by atoms with Crippen LogP contribution in [0.2, 0.25) is 0 Å². The minimum Gasteiger partial charge on any atom is -0.482 e. The van der Waals surface area contributed by atoms with E-state index >= 15 is 0 Å².